The van der Waals surface area contributed by atoms with Crippen LogP contribution in [0.15, 0.2) is 18.2 Å². The van der Waals surface area contributed by atoms with Gasteiger partial charge in [-0.15, -0.1) is 0 Å². The number of carbonyl (C=O) groups excluding carboxylic acids is 1. The Bertz CT molecular complexity index is 460. The maximum atomic E-state index is 12.8. The van der Waals surface area contributed by atoms with E-state index in [4.69, 9.17) is 0 Å². The van der Waals surface area contributed by atoms with E-state index in [1.165, 1.54) is 19.1 Å². The predicted octanol–water partition coefficient (Wildman–Crippen LogP) is 3.41. The van der Waals surface area contributed by atoms with E-state index in [1.807, 2.05) is 0 Å². The van der Waals surface area contributed by atoms with Crippen molar-refractivity contribution in [3.05, 3.63) is 29.3 Å². The summed E-state index contributed by atoms with van der Waals surface area (Å²) in [5.74, 6) is -1.23. The first-order chi connectivity index (χ1) is 8.77. The van der Waals surface area contributed by atoms with Crippen molar-refractivity contribution in [3.8, 4) is 5.75 Å². The Morgan fingerprint density at radius 3 is 2.53 bits per heavy atom. The number of aryl methyl sites for hydroxylation is 1. The fourth-order valence-electron chi connectivity index (χ4n) is 1.24. The zero-order chi connectivity index (χ0) is 14.6. The highest BCUT2D eigenvalue weighted by Crippen LogP contribution is 2.30. The highest BCUT2D eigenvalue weighted by molar-refractivity contribution is 5.90. The van der Waals surface area contributed by atoms with E-state index in [-0.39, 0.29) is 17.7 Å². The Morgan fingerprint density at radius 1 is 1.37 bits per heavy atom. The summed E-state index contributed by atoms with van der Waals surface area (Å²) >= 11 is 0. The van der Waals surface area contributed by atoms with E-state index < -0.39 is 24.3 Å². The number of hydrogen-bond donors (Lipinski definition) is 0. The molecule has 0 atom stereocenters. The minimum atomic E-state index is -4.61. The maximum Gasteiger partial charge on any atom is 0.461 e. The van der Waals surface area contributed by atoms with E-state index in [2.05, 4.69) is 9.47 Å². The van der Waals surface area contributed by atoms with Gasteiger partial charge < -0.3 is 9.47 Å². The van der Waals surface area contributed by atoms with Crippen LogP contribution in [-0.4, -0.2) is 25.1 Å². The third-order valence-electron chi connectivity index (χ3n) is 2.20. The first kappa shape index (κ1) is 15.3. The van der Waals surface area contributed by atoms with Crippen LogP contribution in [0.4, 0.5) is 17.6 Å². The van der Waals surface area contributed by atoms with Crippen LogP contribution >= 0.6 is 0 Å². The van der Waals surface area contributed by atoms with Crippen LogP contribution in [0.5, 0.6) is 5.75 Å². The molecule has 0 radical (unpaired) electrons. The second-order valence-corrected chi connectivity index (χ2v) is 3.67. The zero-order valence-electron chi connectivity index (χ0n) is 10.3. The predicted molar refractivity (Wildman–Crippen MR) is 58.7 cm³/mol. The molecule has 0 aliphatic heterocycles. The van der Waals surface area contributed by atoms with E-state index in [0.29, 0.717) is 0 Å². The highest BCUT2D eigenvalue weighted by atomic mass is 19.3. The van der Waals surface area contributed by atoms with Gasteiger partial charge in [-0.2, -0.15) is 17.6 Å². The van der Waals surface area contributed by atoms with Gasteiger partial charge in [0, 0.05) is 0 Å². The van der Waals surface area contributed by atoms with Crippen molar-refractivity contribution in [3.63, 3.8) is 0 Å². The normalized spacial score (nSPS) is 11.5. The molecule has 106 valence electrons. The Labute approximate surface area is 107 Å². The van der Waals surface area contributed by atoms with Crippen molar-refractivity contribution < 1.29 is 31.8 Å². The number of halogens is 4. The molecular formula is C12H12F4O3. The molecule has 19 heavy (non-hydrogen) atoms. The number of hydrogen-bond acceptors (Lipinski definition) is 3. The van der Waals surface area contributed by atoms with Crippen molar-refractivity contribution in [2.24, 2.45) is 0 Å². The lowest BCUT2D eigenvalue weighted by atomic mass is 10.1. The van der Waals surface area contributed by atoms with Gasteiger partial charge in [-0.05, 0) is 31.5 Å². The van der Waals surface area contributed by atoms with Gasteiger partial charge in [-0.3, -0.25) is 0 Å². The minimum absolute atomic E-state index is 0.0486. The van der Waals surface area contributed by atoms with E-state index in [1.54, 1.807) is 6.92 Å². The molecule has 0 bridgehead atoms. The number of rotatable bonds is 5. The lowest BCUT2D eigenvalue weighted by Crippen LogP contribution is -2.33. The molecule has 0 saturated carbocycles. The molecular weight excluding hydrogens is 268 g/mol. The molecule has 1 aromatic carbocycles. The standard InChI is InChI=1S/C12H12F4O3/c1-3-18-10(17)8-5-4-7(2)9(6-8)19-12(15,16)11(13)14/h4-6,11H,3H2,1-2H3. The summed E-state index contributed by atoms with van der Waals surface area (Å²) in [4.78, 5) is 11.4. The van der Waals surface area contributed by atoms with Gasteiger partial charge in [0.2, 0.25) is 0 Å². The van der Waals surface area contributed by atoms with Crippen molar-refractivity contribution in [2.45, 2.75) is 26.4 Å². The smallest absolute Gasteiger partial charge is 0.461 e. The van der Waals surface area contributed by atoms with Gasteiger partial charge in [0.15, 0.2) is 0 Å². The lowest BCUT2D eigenvalue weighted by Gasteiger charge is -2.18. The fourth-order valence-corrected chi connectivity index (χ4v) is 1.24. The molecule has 0 unspecified atom stereocenters. The zero-order valence-corrected chi connectivity index (χ0v) is 10.3. The number of ether oxygens (including phenoxy) is 2. The van der Waals surface area contributed by atoms with E-state index >= 15 is 0 Å². The van der Waals surface area contributed by atoms with Crippen LogP contribution in [0, 0.1) is 6.92 Å². The number of carbonyl (C=O) groups is 1. The van der Waals surface area contributed by atoms with Crippen LogP contribution in [0.25, 0.3) is 0 Å². The molecule has 0 saturated heterocycles. The summed E-state index contributed by atoms with van der Waals surface area (Å²) in [6, 6.07) is 3.59. The van der Waals surface area contributed by atoms with Gasteiger partial charge in [-0.25, -0.2) is 4.79 Å². The summed E-state index contributed by atoms with van der Waals surface area (Å²) in [5.41, 5.74) is 0.154. The van der Waals surface area contributed by atoms with E-state index in [0.717, 1.165) is 6.07 Å². The van der Waals surface area contributed by atoms with Crippen LogP contribution in [0.3, 0.4) is 0 Å². The van der Waals surface area contributed by atoms with Crippen molar-refractivity contribution in [1.29, 1.82) is 0 Å². The van der Waals surface area contributed by atoms with Crippen molar-refractivity contribution >= 4 is 5.97 Å². The van der Waals surface area contributed by atoms with Gasteiger partial charge in [0.25, 0.3) is 0 Å². The highest BCUT2D eigenvalue weighted by Gasteiger charge is 2.44. The third-order valence-corrected chi connectivity index (χ3v) is 2.20. The SMILES string of the molecule is CCOC(=O)c1ccc(C)c(OC(F)(F)C(F)F)c1. The molecule has 0 fully saturated rings. The van der Waals surface area contributed by atoms with Gasteiger partial charge in [-0.1, -0.05) is 6.07 Å². The lowest BCUT2D eigenvalue weighted by molar-refractivity contribution is -0.253. The molecule has 7 heteroatoms. The average molecular weight is 280 g/mol. The van der Waals surface area contributed by atoms with Crippen molar-refractivity contribution in [1.82, 2.24) is 0 Å². The van der Waals surface area contributed by atoms with Gasteiger partial charge in [0.05, 0.1) is 12.2 Å². The summed E-state index contributed by atoms with van der Waals surface area (Å²) in [7, 11) is 0. The fraction of sp³-hybridized carbons (Fsp3) is 0.417. The number of benzene rings is 1. The molecule has 1 rings (SSSR count). The topological polar surface area (TPSA) is 35.5 Å². The first-order valence-corrected chi connectivity index (χ1v) is 5.40. The maximum absolute atomic E-state index is 12.8. The summed E-state index contributed by atoms with van der Waals surface area (Å²) in [6.07, 6.45) is -8.57. The summed E-state index contributed by atoms with van der Waals surface area (Å²) in [6.45, 7) is 3.08. The van der Waals surface area contributed by atoms with Crippen LogP contribution in [-0.2, 0) is 4.74 Å². The molecule has 0 N–H and O–H groups in total. The van der Waals surface area contributed by atoms with Crippen molar-refractivity contribution in [2.75, 3.05) is 6.61 Å². The molecule has 0 aliphatic carbocycles. The first-order valence-electron chi connectivity index (χ1n) is 5.40. The number of alkyl halides is 4. The number of esters is 1. The molecule has 0 aliphatic rings. The Kier molecular flexibility index (Phi) is 4.74. The molecule has 0 heterocycles. The Morgan fingerprint density at radius 2 is 2.00 bits per heavy atom. The molecule has 1 aromatic rings. The average Bonchev–Trinajstić information content (AvgIpc) is 2.31. The molecule has 3 nitrogen and oxygen atoms in total. The third kappa shape index (κ3) is 3.84. The monoisotopic (exact) mass is 280 g/mol. The van der Waals surface area contributed by atoms with Crippen LogP contribution in [0.2, 0.25) is 0 Å². The van der Waals surface area contributed by atoms with Gasteiger partial charge >= 0.3 is 18.5 Å². The van der Waals surface area contributed by atoms with Gasteiger partial charge in [0.1, 0.15) is 5.75 Å². The molecule has 0 aromatic heterocycles. The quantitative estimate of drug-likeness (QED) is 0.612. The second kappa shape index (κ2) is 5.90. The molecule has 0 spiro atoms. The van der Waals surface area contributed by atoms with E-state index in [9.17, 15) is 22.4 Å². The summed E-state index contributed by atoms with van der Waals surface area (Å²) < 4.78 is 58.3. The Hall–Kier alpha value is -1.79. The van der Waals surface area contributed by atoms with Crippen LogP contribution in [0.1, 0.15) is 22.8 Å². The second-order valence-electron chi connectivity index (χ2n) is 3.67. The largest absolute Gasteiger partial charge is 0.462 e. The summed E-state index contributed by atoms with van der Waals surface area (Å²) in [5, 5.41) is 0. The van der Waals surface area contributed by atoms with Crippen LogP contribution < -0.4 is 4.74 Å². The molecule has 0 amide bonds. The minimum Gasteiger partial charge on any atom is -0.462 e. The Balaban J connectivity index is 3.01.